The average molecular weight is 291 g/mol. The largest absolute Gasteiger partial charge is 0.480 e. The van der Waals surface area contributed by atoms with Gasteiger partial charge in [0.25, 0.3) is 0 Å². The topological polar surface area (TPSA) is 88.2 Å². The lowest BCUT2D eigenvalue weighted by atomic mass is 10.0. The van der Waals surface area contributed by atoms with Crippen molar-refractivity contribution in [2.24, 2.45) is 5.73 Å². The van der Waals surface area contributed by atoms with Crippen molar-refractivity contribution in [3.8, 4) is 0 Å². The number of rotatable bonds is 5. The van der Waals surface area contributed by atoms with Gasteiger partial charge in [-0.1, -0.05) is 26.0 Å². The third kappa shape index (κ3) is 3.34. The Balaban J connectivity index is 2.08. The first-order valence-corrected chi connectivity index (χ1v) is 7.16. The van der Waals surface area contributed by atoms with Crippen molar-refractivity contribution in [1.82, 2.24) is 4.98 Å². The monoisotopic (exact) mass is 291 g/mol. The van der Waals surface area contributed by atoms with Gasteiger partial charge >= 0.3 is 5.97 Å². The van der Waals surface area contributed by atoms with Gasteiger partial charge in [-0.15, -0.1) is 11.3 Å². The summed E-state index contributed by atoms with van der Waals surface area (Å²) in [7, 11) is 0. The summed E-state index contributed by atoms with van der Waals surface area (Å²) >= 11 is 1.34. The fourth-order valence-electron chi connectivity index (χ4n) is 1.69. The Bertz CT molecular complexity index is 593. The summed E-state index contributed by atoms with van der Waals surface area (Å²) in [5, 5.41) is 14.3. The van der Waals surface area contributed by atoms with Crippen LogP contribution in [0.3, 0.4) is 0 Å². The number of nitrogens with two attached hydrogens (primary N) is 1. The number of hydrogen-bond donors (Lipinski definition) is 3. The summed E-state index contributed by atoms with van der Waals surface area (Å²) < 4.78 is 0. The zero-order chi connectivity index (χ0) is 14.7. The molecule has 2 rings (SSSR count). The molecule has 0 aliphatic carbocycles. The Labute approximate surface area is 121 Å². The fraction of sp³-hybridized carbons (Fsp3) is 0.286. The number of nitrogens with zero attached hydrogens (tertiary/aromatic N) is 1. The molecule has 0 radical (unpaired) electrons. The van der Waals surface area contributed by atoms with Crippen LogP contribution in [-0.2, 0) is 4.79 Å². The Morgan fingerprint density at radius 1 is 1.35 bits per heavy atom. The van der Waals surface area contributed by atoms with Gasteiger partial charge in [0, 0.05) is 11.1 Å². The van der Waals surface area contributed by atoms with Crippen LogP contribution in [0.15, 0.2) is 29.6 Å². The molecule has 106 valence electrons. The summed E-state index contributed by atoms with van der Waals surface area (Å²) in [6.07, 6.45) is 0. The maximum Gasteiger partial charge on any atom is 0.326 e. The van der Waals surface area contributed by atoms with Gasteiger partial charge in [-0.3, -0.25) is 4.79 Å². The van der Waals surface area contributed by atoms with Crippen molar-refractivity contribution in [2.75, 3.05) is 5.32 Å². The Hall–Kier alpha value is -1.92. The molecule has 0 bridgehead atoms. The number of nitrogens with one attached hydrogen (secondary N) is 1. The third-order valence-electron chi connectivity index (χ3n) is 2.94. The van der Waals surface area contributed by atoms with Crippen molar-refractivity contribution in [2.45, 2.75) is 25.8 Å². The molecule has 20 heavy (non-hydrogen) atoms. The molecule has 1 atom stereocenters. The number of hydrogen-bond acceptors (Lipinski definition) is 5. The molecule has 4 N–H and O–H groups in total. The number of aromatic nitrogens is 1. The van der Waals surface area contributed by atoms with Crippen LogP contribution in [0.1, 0.15) is 37.1 Å². The molecule has 0 amide bonds. The van der Waals surface area contributed by atoms with Crippen LogP contribution < -0.4 is 11.1 Å². The van der Waals surface area contributed by atoms with E-state index in [9.17, 15) is 4.79 Å². The van der Waals surface area contributed by atoms with E-state index in [2.05, 4.69) is 36.3 Å². The predicted octanol–water partition coefficient (Wildman–Crippen LogP) is 3.09. The van der Waals surface area contributed by atoms with Gasteiger partial charge in [0.05, 0.1) is 5.69 Å². The zero-order valence-corrected chi connectivity index (χ0v) is 12.1. The van der Waals surface area contributed by atoms with Crippen LogP contribution in [0.4, 0.5) is 10.8 Å². The molecule has 6 heteroatoms. The van der Waals surface area contributed by atoms with Crippen molar-refractivity contribution in [1.29, 1.82) is 0 Å². The minimum absolute atomic E-state index is 0.365. The summed E-state index contributed by atoms with van der Waals surface area (Å²) in [6, 6.07) is 7.00. The van der Waals surface area contributed by atoms with E-state index in [4.69, 9.17) is 10.8 Å². The highest BCUT2D eigenvalue weighted by molar-refractivity contribution is 7.13. The SMILES string of the molecule is CC(C)c1ccc(Nc2nc(C(N)C(=O)O)cs2)cc1. The zero-order valence-electron chi connectivity index (χ0n) is 11.3. The predicted molar refractivity (Wildman–Crippen MR) is 80.5 cm³/mol. The number of benzene rings is 1. The quantitative estimate of drug-likeness (QED) is 0.787. The Kier molecular flexibility index (Phi) is 4.36. The average Bonchev–Trinajstić information content (AvgIpc) is 2.86. The molecule has 2 aromatic rings. The number of anilines is 2. The van der Waals surface area contributed by atoms with Gasteiger partial charge in [0.2, 0.25) is 0 Å². The summed E-state index contributed by atoms with van der Waals surface area (Å²) in [4.78, 5) is 15.0. The van der Waals surface area contributed by atoms with E-state index >= 15 is 0 Å². The summed E-state index contributed by atoms with van der Waals surface area (Å²) in [5.74, 6) is -0.591. The van der Waals surface area contributed by atoms with E-state index in [1.54, 1.807) is 5.38 Å². The second-order valence-corrected chi connectivity index (χ2v) is 5.65. The second-order valence-electron chi connectivity index (χ2n) is 4.80. The van der Waals surface area contributed by atoms with Gasteiger partial charge in [0.15, 0.2) is 5.13 Å². The Morgan fingerprint density at radius 3 is 2.55 bits per heavy atom. The van der Waals surface area contributed by atoms with Crippen LogP contribution in [0.25, 0.3) is 0 Å². The molecule has 0 fully saturated rings. The number of carboxylic acids is 1. The first-order chi connectivity index (χ1) is 9.47. The van der Waals surface area contributed by atoms with Gasteiger partial charge in [-0.25, -0.2) is 4.98 Å². The molecule has 0 spiro atoms. The number of aliphatic carboxylic acids is 1. The van der Waals surface area contributed by atoms with Gasteiger partial charge in [-0.2, -0.15) is 0 Å². The highest BCUT2D eigenvalue weighted by atomic mass is 32.1. The smallest absolute Gasteiger partial charge is 0.326 e. The molecular formula is C14H17N3O2S. The molecule has 0 aliphatic heterocycles. The van der Waals surface area contributed by atoms with Gasteiger partial charge < -0.3 is 16.2 Å². The lowest BCUT2D eigenvalue weighted by Crippen LogP contribution is -2.20. The highest BCUT2D eigenvalue weighted by Crippen LogP contribution is 2.24. The van der Waals surface area contributed by atoms with E-state index in [-0.39, 0.29) is 0 Å². The van der Waals surface area contributed by atoms with Gasteiger partial charge in [0.1, 0.15) is 6.04 Å². The highest BCUT2D eigenvalue weighted by Gasteiger charge is 2.17. The van der Waals surface area contributed by atoms with Crippen molar-refractivity contribution >= 4 is 28.1 Å². The van der Waals surface area contributed by atoms with Crippen LogP contribution in [0.2, 0.25) is 0 Å². The van der Waals surface area contributed by atoms with Crippen LogP contribution >= 0.6 is 11.3 Å². The second kappa shape index (κ2) is 6.02. The van der Waals surface area contributed by atoms with Crippen molar-refractivity contribution in [3.63, 3.8) is 0 Å². The molecule has 0 aliphatic rings. The lowest BCUT2D eigenvalue weighted by Gasteiger charge is -2.07. The van der Waals surface area contributed by atoms with Crippen molar-refractivity contribution < 1.29 is 9.90 Å². The molecule has 1 heterocycles. The Morgan fingerprint density at radius 2 is 2.00 bits per heavy atom. The standard InChI is InChI=1S/C14H17N3O2S/c1-8(2)9-3-5-10(6-4-9)16-14-17-11(7-20-14)12(15)13(18)19/h3-8,12H,15H2,1-2H3,(H,16,17)(H,18,19). The summed E-state index contributed by atoms with van der Waals surface area (Å²) in [6.45, 7) is 4.28. The minimum Gasteiger partial charge on any atom is -0.480 e. The molecule has 1 aromatic carbocycles. The van der Waals surface area contributed by atoms with E-state index < -0.39 is 12.0 Å². The number of thiazole rings is 1. The molecule has 0 saturated heterocycles. The van der Waals surface area contributed by atoms with Crippen LogP contribution in [0.5, 0.6) is 0 Å². The van der Waals surface area contributed by atoms with Gasteiger partial charge in [-0.05, 0) is 23.6 Å². The molecule has 1 aromatic heterocycles. The van der Waals surface area contributed by atoms with E-state index in [0.29, 0.717) is 16.7 Å². The summed E-state index contributed by atoms with van der Waals surface area (Å²) in [5.41, 5.74) is 8.06. The molecule has 0 saturated carbocycles. The third-order valence-corrected chi connectivity index (χ3v) is 3.71. The lowest BCUT2D eigenvalue weighted by molar-refractivity contribution is -0.138. The molecule has 5 nitrogen and oxygen atoms in total. The maximum atomic E-state index is 10.8. The van der Waals surface area contributed by atoms with Crippen molar-refractivity contribution in [3.05, 3.63) is 40.9 Å². The maximum absolute atomic E-state index is 10.8. The molecule has 1 unspecified atom stereocenters. The first-order valence-electron chi connectivity index (χ1n) is 6.28. The van der Waals surface area contributed by atoms with E-state index in [1.807, 2.05) is 12.1 Å². The normalized spacial score (nSPS) is 12.4. The van der Waals surface area contributed by atoms with E-state index in [0.717, 1.165) is 5.69 Å². The van der Waals surface area contributed by atoms with Crippen LogP contribution in [-0.4, -0.2) is 16.1 Å². The van der Waals surface area contributed by atoms with E-state index in [1.165, 1.54) is 16.9 Å². The minimum atomic E-state index is -1.08. The molecular weight excluding hydrogens is 274 g/mol. The first kappa shape index (κ1) is 14.5. The fourth-order valence-corrected chi connectivity index (χ4v) is 2.45. The van der Waals surface area contributed by atoms with Crippen LogP contribution in [0, 0.1) is 0 Å². The number of carboxylic acid groups (broad SMARTS) is 1. The number of carbonyl (C=O) groups is 1.